The van der Waals surface area contributed by atoms with Crippen molar-refractivity contribution in [1.82, 2.24) is 24.8 Å². The quantitative estimate of drug-likeness (QED) is 0.574. The Labute approximate surface area is 188 Å². The fourth-order valence-electron chi connectivity index (χ4n) is 3.98. The molecule has 1 atom stereocenters. The summed E-state index contributed by atoms with van der Waals surface area (Å²) in [6.45, 7) is 1.79. The van der Waals surface area contributed by atoms with Gasteiger partial charge in [0.1, 0.15) is 12.0 Å². The van der Waals surface area contributed by atoms with Gasteiger partial charge in [0.2, 0.25) is 5.95 Å². The molecular weight excluding hydrogens is 440 g/mol. The topological polar surface area (TPSA) is 69.8 Å². The van der Waals surface area contributed by atoms with Crippen LogP contribution < -0.4 is 10.6 Å². The van der Waals surface area contributed by atoms with E-state index in [1.807, 2.05) is 30.6 Å². The number of hydrogen-bond acceptors (Lipinski definition) is 6. The molecular formula is C21H20Cl2FN7. The van der Waals surface area contributed by atoms with Crippen molar-refractivity contribution >= 4 is 40.1 Å². The summed E-state index contributed by atoms with van der Waals surface area (Å²) in [5.74, 6) is 0.191. The van der Waals surface area contributed by atoms with Gasteiger partial charge in [-0.2, -0.15) is 4.98 Å². The van der Waals surface area contributed by atoms with Gasteiger partial charge in [0.05, 0.1) is 5.02 Å². The number of piperidine rings is 1. The second-order valence-corrected chi connectivity index (χ2v) is 8.31. The molecule has 0 amide bonds. The minimum atomic E-state index is -0.371. The Morgan fingerprint density at radius 1 is 1.13 bits per heavy atom. The molecule has 1 fully saturated rings. The molecule has 3 aromatic rings. The number of amidine groups is 1. The maximum atomic E-state index is 13.5. The number of pyridine rings is 1. The Hall–Kier alpha value is -2.68. The summed E-state index contributed by atoms with van der Waals surface area (Å²) in [6, 6.07) is 8.40. The summed E-state index contributed by atoms with van der Waals surface area (Å²) in [6.07, 6.45) is 7.53. The highest BCUT2D eigenvalue weighted by Crippen LogP contribution is 2.31. The Kier molecular flexibility index (Phi) is 5.52. The van der Waals surface area contributed by atoms with Gasteiger partial charge in [-0.1, -0.05) is 11.6 Å². The van der Waals surface area contributed by atoms with Gasteiger partial charge in [0.25, 0.3) is 0 Å². The van der Waals surface area contributed by atoms with Crippen LogP contribution in [0, 0.1) is 5.82 Å². The molecule has 2 aliphatic rings. The zero-order valence-corrected chi connectivity index (χ0v) is 18.0. The third kappa shape index (κ3) is 4.23. The lowest BCUT2D eigenvalue weighted by molar-refractivity contribution is 0.186. The predicted octanol–water partition coefficient (Wildman–Crippen LogP) is 4.10. The Balaban J connectivity index is 1.31. The molecule has 4 heterocycles. The largest absolute Gasteiger partial charge is 0.350 e. The first-order chi connectivity index (χ1) is 15.1. The van der Waals surface area contributed by atoms with Gasteiger partial charge in [-0.3, -0.25) is 4.90 Å². The van der Waals surface area contributed by atoms with Crippen LogP contribution in [0.25, 0.3) is 16.8 Å². The molecule has 5 rings (SSSR count). The third-order valence-electron chi connectivity index (χ3n) is 5.54. The molecule has 1 saturated heterocycles. The predicted molar refractivity (Wildman–Crippen MR) is 121 cm³/mol. The van der Waals surface area contributed by atoms with Crippen molar-refractivity contribution in [2.75, 3.05) is 18.4 Å². The molecule has 1 aromatic carbocycles. The highest BCUT2D eigenvalue weighted by atomic mass is 35.5. The van der Waals surface area contributed by atoms with Crippen LogP contribution in [0.5, 0.6) is 0 Å². The molecule has 7 nitrogen and oxygen atoms in total. The zero-order valence-electron chi connectivity index (χ0n) is 16.5. The molecule has 1 unspecified atom stereocenters. The molecule has 2 N–H and O–H groups in total. The summed E-state index contributed by atoms with van der Waals surface area (Å²) in [5.41, 5.74) is 2.19. The van der Waals surface area contributed by atoms with E-state index >= 15 is 0 Å². The van der Waals surface area contributed by atoms with Gasteiger partial charge in [0.15, 0.2) is 10.9 Å². The fourth-order valence-corrected chi connectivity index (χ4v) is 4.41. The second-order valence-electron chi connectivity index (χ2n) is 7.54. The minimum absolute atomic E-state index is 0.0222. The smallest absolute Gasteiger partial charge is 0.243 e. The van der Waals surface area contributed by atoms with Crippen LogP contribution in [0.15, 0.2) is 53.8 Å². The summed E-state index contributed by atoms with van der Waals surface area (Å²) in [5, 5.41) is 11.6. The molecule has 10 heteroatoms. The van der Waals surface area contributed by atoms with Crippen molar-refractivity contribution in [3.8, 4) is 11.1 Å². The summed E-state index contributed by atoms with van der Waals surface area (Å²) in [4.78, 5) is 11.4. The minimum Gasteiger partial charge on any atom is -0.350 e. The van der Waals surface area contributed by atoms with Gasteiger partial charge < -0.3 is 10.6 Å². The average Bonchev–Trinajstić information content (AvgIpc) is 3.17. The molecule has 31 heavy (non-hydrogen) atoms. The van der Waals surface area contributed by atoms with E-state index in [4.69, 9.17) is 23.2 Å². The highest BCUT2D eigenvalue weighted by molar-refractivity contribution is 6.64. The number of hydrogen-bond donors (Lipinski definition) is 2. The van der Waals surface area contributed by atoms with Crippen LogP contribution in [0.1, 0.15) is 12.8 Å². The molecule has 0 spiro atoms. The number of rotatable bonds is 4. The molecule has 0 aliphatic carbocycles. The van der Waals surface area contributed by atoms with Crippen LogP contribution in [-0.2, 0) is 0 Å². The summed E-state index contributed by atoms with van der Waals surface area (Å²) >= 11 is 12.3. The number of likely N-dealkylation sites (tertiary alicyclic amines) is 1. The van der Waals surface area contributed by atoms with Crippen LogP contribution in [-0.4, -0.2) is 50.1 Å². The number of nitrogens with one attached hydrogen (secondary N) is 2. The SMILES string of the molecule is Fc1ccc(-c2cccn3nc(NC4CCN(C5C=CNC(Cl)=N5)CC4)nc23)c(Cl)c1. The van der Waals surface area contributed by atoms with Crippen molar-refractivity contribution in [3.63, 3.8) is 0 Å². The number of halogens is 3. The molecule has 0 bridgehead atoms. The number of fused-ring (bicyclic) bond motifs is 1. The normalized spacial score (nSPS) is 20.0. The third-order valence-corrected chi connectivity index (χ3v) is 6.06. The van der Waals surface area contributed by atoms with E-state index in [1.165, 1.54) is 12.1 Å². The van der Waals surface area contributed by atoms with Crippen LogP contribution in [0.3, 0.4) is 0 Å². The van der Waals surface area contributed by atoms with E-state index in [-0.39, 0.29) is 18.0 Å². The molecule has 0 saturated carbocycles. The number of aromatic nitrogens is 3. The van der Waals surface area contributed by atoms with E-state index in [9.17, 15) is 4.39 Å². The first-order valence-corrected chi connectivity index (χ1v) is 10.8. The standard InChI is InChI=1S/C21H20Cl2FN7/c22-17-12-13(24)3-4-15(17)16-2-1-9-31-19(16)28-21(29-31)26-14-6-10-30(11-7-14)18-5-8-25-20(23)27-18/h1-5,8-9,12,14,18H,6-7,10-11H2,(H,25,27)(H,26,29). The molecule has 2 aliphatic heterocycles. The fraction of sp³-hybridized carbons (Fsp3) is 0.286. The zero-order chi connectivity index (χ0) is 21.4. The molecule has 0 radical (unpaired) electrons. The number of nitrogens with zero attached hydrogens (tertiary/aromatic N) is 5. The van der Waals surface area contributed by atoms with E-state index < -0.39 is 0 Å². The lowest BCUT2D eigenvalue weighted by atomic mass is 10.0. The van der Waals surface area contributed by atoms with Crippen molar-refractivity contribution in [2.45, 2.75) is 25.0 Å². The van der Waals surface area contributed by atoms with Crippen LogP contribution in [0.4, 0.5) is 10.3 Å². The molecule has 2 aromatic heterocycles. The Morgan fingerprint density at radius 2 is 1.97 bits per heavy atom. The lowest BCUT2D eigenvalue weighted by Gasteiger charge is -2.35. The average molecular weight is 460 g/mol. The van der Waals surface area contributed by atoms with Crippen LogP contribution >= 0.6 is 23.2 Å². The van der Waals surface area contributed by atoms with Crippen molar-refractivity contribution in [3.05, 3.63) is 59.6 Å². The van der Waals surface area contributed by atoms with Gasteiger partial charge in [0, 0.05) is 42.7 Å². The second kappa shape index (κ2) is 8.45. The van der Waals surface area contributed by atoms with E-state index in [1.54, 1.807) is 10.6 Å². The summed E-state index contributed by atoms with van der Waals surface area (Å²) < 4.78 is 15.2. The monoisotopic (exact) mass is 459 g/mol. The van der Waals surface area contributed by atoms with E-state index in [0.29, 0.717) is 21.9 Å². The van der Waals surface area contributed by atoms with Crippen molar-refractivity contribution < 1.29 is 4.39 Å². The maximum Gasteiger partial charge on any atom is 0.243 e. The van der Waals surface area contributed by atoms with E-state index in [2.05, 4.69) is 30.6 Å². The lowest BCUT2D eigenvalue weighted by Crippen LogP contribution is -2.44. The van der Waals surface area contributed by atoms with Crippen molar-refractivity contribution in [2.24, 2.45) is 4.99 Å². The summed E-state index contributed by atoms with van der Waals surface area (Å²) in [7, 11) is 0. The number of anilines is 1. The maximum absolute atomic E-state index is 13.5. The first kappa shape index (κ1) is 20.2. The Morgan fingerprint density at radius 3 is 2.74 bits per heavy atom. The van der Waals surface area contributed by atoms with Gasteiger partial charge >= 0.3 is 0 Å². The van der Waals surface area contributed by atoms with Gasteiger partial charge in [-0.05, 0) is 60.9 Å². The van der Waals surface area contributed by atoms with Crippen molar-refractivity contribution in [1.29, 1.82) is 0 Å². The Bertz CT molecular complexity index is 1170. The first-order valence-electron chi connectivity index (χ1n) is 10.0. The van der Waals surface area contributed by atoms with Gasteiger partial charge in [-0.15, -0.1) is 5.10 Å². The highest BCUT2D eigenvalue weighted by Gasteiger charge is 2.25. The van der Waals surface area contributed by atoms with Crippen LogP contribution in [0.2, 0.25) is 5.02 Å². The van der Waals surface area contributed by atoms with Gasteiger partial charge in [-0.25, -0.2) is 13.9 Å². The number of aliphatic imine (C=N–C) groups is 1. The molecule has 160 valence electrons. The number of benzene rings is 1. The van der Waals surface area contributed by atoms with E-state index in [0.717, 1.165) is 37.1 Å².